The van der Waals surface area contributed by atoms with Gasteiger partial charge in [-0.25, -0.2) is 0 Å². The molecule has 0 atom stereocenters. The predicted octanol–water partition coefficient (Wildman–Crippen LogP) is -0.289. The van der Waals surface area contributed by atoms with Crippen molar-refractivity contribution in [3.05, 3.63) is 11.8 Å². The lowest BCUT2D eigenvalue weighted by Gasteiger charge is -2.34. The molecule has 1 fully saturated rings. The molecule has 1 rings (SSSR count). The van der Waals surface area contributed by atoms with Gasteiger partial charge in [0.15, 0.2) is 0 Å². The van der Waals surface area contributed by atoms with E-state index in [-0.39, 0.29) is 17.4 Å². The van der Waals surface area contributed by atoms with Crippen molar-refractivity contribution in [3.63, 3.8) is 0 Å². The van der Waals surface area contributed by atoms with E-state index in [9.17, 15) is 9.59 Å². The van der Waals surface area contributed by atoms with Crippen LogP contribution in [-0.2, 0) is 14.3 Å². The highest BCUT2D eigenvalue weighted by Crippen LogP contribution is 2.06. The third kappa shape index (κ3) is 5.44. The quantitative estimate of drug-likeness (QED) is 0.413. The molecule has 7 nitrogen and oxygen atoms in total. The first-order valence-corrected chi connectivity index (χ1v) is 6.97. The van der Waals surface area contributed by atoms with Crippen LogP contribution in [0.1, 0.15) is 13.3 Å². The van der Waals surface area contributed by atoms with Gasteiger partial charge >= 0.3 is 0 Å². The van der Waals surface area contributed by atoms with Crippen molar-refractivity contribution in [2.45, 2.75) is 13.3 Å². The van der Waals surface area contributed by atoms with E-state index in [0.717, 1.165) is 6.42 Å². The summed E-state index contributed by atoms with van der Waals surface area (Å²) in [6, 6.07) is 1.92. The van der Waals surface area contributed by atoms with E-state index < -0.39 is 0 Å². The number of methoxy groups -OCH3 is 1. The first kappa shape index (κ1) is 17.0. The molecule has 0 unspecified atom stereocenters. The van der Waals surface area contributed by atoms with E-state index in [1.807, 2.05) is 6.07 Å². The number of nitrogens with zero attached hydrogens (tertiary/aromatic N) is 3. The molecule has 0 aromatic heterocycles. The fourth-order valence-corrected chi connectivity index (χ4v) is 2.03. The molecule has 0 spiro atoms. The van der Waals surface area contributed by atoms with E-state index in [2.05, 4.69) is 5.32 Å². The molecule has 2 amide bonds. The zero-order chi connectivity index (χ0) is 15.7. The monoisotopic (exact) mass is 294 g/mol. The summed E-state index contributed by atoms with van der Waals surface area (Å²) in [6.45, 7) is 4.74. The first-order valence-electron chi connectivity index (χ1n) is 6.97. The molecule has 21 heavy (non-hydrogen) atoms. The van der Waals surface area contributed by atoms with Crippen LogP contribution in [0.3, 0.4) is 0 Å². The zero-order valence-corrected chi connectivity index (χ0v) is 12.6. The SMILES string of the molecule is COCCCN/C=C(/C#N)C(=O)N1CCN(C(C)=O)CC1. The molecule has 7 heteroatoms. The fraction of sp³-hybridized carbons (Fsp3) is 0.643. The summed E-state index contributed by atoms with van der Waals surface area (Å²) >= 11 is 0. The number of nitriles is 1. The van der Waals surface area contributed by atoms with Crippen LogP contribution in [0.15, 0.2) is 11.8 Å². The average Bonchev–Trinajstić information content (AvgIpc) is 2.50. The topological polar surface area (TPSA) is 85.7 Å². The number of hydrogen-bond acceptors (Lipinski definition) is 5. The second kappa shape index (κ2) is 8.97. The smallest absolute Gasteiger partial charge is 0.266 e. The third-order valence-corrected chi connectivity index (χ3v) is 3.28. The van der Waals surface area contributed by atoms with Crippen molar-refractivity contribution in [2.24, 2.45) is 0 Å². The van der Waals surface area contributed by atoms with E-state index in [0.29, 0.717) is 39.3 Å². The minimum atomic E-state index is -0.292. The number of rotatable bonds is 6. The van der Waals surface area contributed by atoms with E-state index in [1.54, 1.807) is 16.9 Å². The summed E-state index contributed by atoms with van der Waals surface area (Å²) in [7, 11) is 1.63. The molecule has 0 bridgehead atoms. The molecular weight excluding hydrogens is 272 g/mol. The van der Waals surface area contributed by atoms with Crippen molar-refractivity contribution in [3.8, 4) is 6.07 Å². The van der Waals surface area contributed by atoms with Crippen LogP contribution in [-0.4, -0.2) is 68.1 Å². The number of ether oxygens (including phenoxy) is 1. The summed E-state index contributed by atoms with van der Waals surface area (Å²) in [6.07, 6.45) is 2.26. The minimum absolute atomic E-state index is 0.0120. The van der Waals surface area contributed by atoms with Crippen molar-refractivity contribution in [2.75, 3.05) is 46.4 Å². The van der Waals surface area contributed by atoms with Crippen LogP contribution < -0.4 is 5.32 Å². The van der Waals surface area contributed by atoms with Gasteiger partial charge < -0.3 is 19.9 Å². The molecule has 0 radical (unpaired) electrons. The molecule has 1 N–H and O–H groups in total. The van der Waals surface area contributed by atoms with Crippen LogP contribution in [0.2, 0.25) is 0 Å². The van der Waals surface area contributed by atoms with Gasteiger partial charge in [-0.15, -0.1) is 0 Å². The third-order valence-electron chi connectivity index (χ3n) is 3.28. The van der Waals surface area contributed by atoms with E-state index >= 15 is 0 Å². The van der Waals surface area contributed by atoms with Gasteiger partial charge in [0.05, 0.1) is 0 Å². The number of nitrogens with one attached hydrogen (secondary N) is 1. The lowest BCUT2D eigenvalue weighted by molar-refractivity contribution is -0.136. The molecule has 1 heterocycles. The predicted molar refractivity (Wildman–Crippen MR) is 77.0 cm³/mol. The summed E-state index contributed by atoms with van der Waals surface area (Å²) in [4.78, 5) is 26.7. The maximum absolute atomic E-state index is 12.2. The Balaban J connectivity index is 2.46. The second-order valence-electron chi connectivity index (χ2n) is 4.77. The van der Waals surface area contributed by atoms with Crippen LogP contribution in [0.5, 0.6) is 0 Å². The standard InChI is InChI=1S/C14H22N4O3/c1-12(19)17-5-7-18(8-6-17)14(20)13(10-15)11-16-4-3-9-21-2/h11,16H,3-9H2,1-2H3/b13-11-. The molecule has 0 aromatic carbocycles. The summed E-state index contributed by atoms with van der Waals surface area (Å²) in [5, 5.41) is 12.0. The zero-order valence-electron chi connectivity index (χ0n) is 12.6. The van der Waals surface area contributed by atoms with Crippen molar-refractivity contribution in [1.82, 2.24) is 15.1 Å². The molecule has 1 aliphatic rings. The highest BCUT2D eigenvalue weighted by Gasteiger charge is 2.24. The van der Waals surface area contributed by atoms with Gasteiger partial charge in [-0.1, -0.05) is 0 Å². The summed E-state index contributed by atoms with van der Waals surface area (Å²) < 4.78 is 4.91. The van der Waals surface area contributed by atoms with Crippen molar-refractivity contribution < 1.29 is 14.3 Å². The van der Waals surface area contributed by atoms with Crippen LogP contribution in [0.4, 0.5) is 0 Å². The molecule has 0 saturated carbocycles. The highest BCUT2D eigenvalue weighted by atomic mass is 16.5. The Morgan fingerprint density at radius 2 is 1.90 bits per heavy atom. The Morgan fingerprint density at radius 3 is 2.43 bits per heavy atom. The van der Waals surface area contributed by atoms with Crippen LogP contribution in [0.25, 0.3) is 0 Å². The first-order chi connectivity index (χ1) is 10.1. The summed E-state index contributed by atoms with van der Waals surface area (Å²) in [5.41, 5.74) is 0.0868. The van der Waals surface area contributed by atoms with Gasteiger partial charge in [0, 0.05) is 59.6 Å². The average molecular weight is 294 g/mol. The Labute approximate surface area is 125 Å². The number of amides is 2. The molecule has 0 aromatic rings. The van der Waals surface area contributed by atoms with E-state index in [4.69, 9.17) is 10.00 Å². The van der Waals surface area contributed by atoms with Crippen LogP contribution in [0, 0.1) is 11.3 Å². The van der Waals surface area contributed by atoms with Crippen LogP contribution >= 0.6 is 0 Å². The van der Waals surface area contributed by atoms with Gasteiger partial charge in [0.2, 0.25) is 5.91 Å². The van der Waals surface area contributed by atoms with Crippen molar-refractivity contribution in [1.29, 1.82) is 5.26 Å². The number of piperazine rings is 1. The van der Waals surface area contributed by atoms with Gasteiger partial charge in [0.25, 0.3) is 5.91 Å². The maximum atomic E-state index is 12.2. The lowest BCUT2D eigenvalue weighted by Crippen LogP contribution is -2.50. The van der Waals surface area contributed by atoms with E-state index in [1.165, 1.54) is 13.1 Å². The lowest BCUT2D eigenvalue weighted by atomic mass is 10.2. The highest BCUT2D eigenvalue weighted by molar-refractivity contribution is 5.97. The Bertz CT molecular complexity index is 434. The fourth-order valence-electron chi connectivity index (χ4n) is 2.03. The summed E-state index contributed by atoms with van der Waals surface area (Å²) in [5.74, 6) is -0.280. The maximum Gasteiger partial charge on any atom is 0.266 e. The molecule has 1 saturated heterocycles. The number of hydrogen-bond donors (Lipinski definition) is 1. The minimum Gasteiger partial charge on any atom is -0.390 e. The molecular formula is C14H22N4O3. The van der Waals surface area contributed by atoms with Gasteiger partial charge in [-0.2, -0.15) is 5.26 Å². The molecule has 1 aliphatic heterocycles. The molecule has 0 aliphatic carbocycles. The Kier molecular flexibility index (Phi) is 7.26. The Morgan fingerprint density at radius 1 is 1.29 bits per heavy atom. The van der Waals surface area contributed by atoms with Gasteiger partial charge in [0.1, 0.15) is 11.6 Å². The van der Waals surface area contributed by atoms with Gasteiger partial charge in [-0.3, -0.25) is 9.59 Å². The second-order valence-corrected chi connectivity index (χ2v) is 4.77. The normalized spacial score (nSPS) is 15.6. The largest absolute Gasteiger partial charge is 0.390 e. The Hall–Kier alpha value is -2.07. The molecule has 116 valence electrons. The number of carbonyl (C=O) groups excluding carboxylic acids is 2. The number of carbonyl (C=O) groups is 2. The van der Waals surface area contributed by atoms with Gasteiger partial charge in [-0.05, 0) is 6.42 Å². The van der Waals surface area contributed by atoms with Crippen molar-refractivity contribution >= 4 is 11.8 Å².